The van der Waals surface area contributed by atoms with E-state index >= 15 is 0 Å². The van der Waals surface area contributed by atoms with Crippen LogP contribution in [0.5, 0.6) is 28.7 Å². The van der Waals surface area contributed by atoms with Gasteiger partial charge in [-0.25, -0.2) is 8.42 Å². The molecule has 0 aliphatic rings. The largest absolute Gasteiger partial charge is 0.748 e. The van der Waals surface area contributed by atoms with E-state index in [1.165, 1.54) is 0 Å². The molecule has 0 aliphatic heterocycles. The lowest BCUT2D eigenvalue weighted by Crippen LogP contribution is -2.28. The van der Waals surface area contributed by atoms with Crippen LogP contribution < -0.4 is 28.3 Å². The molecule has 0 saturated carbocycles. The van der Waals surface area contributed by atoms with Gasteiger partial charge in [-0.15, -0.1) is 0 Å². The van der Waals surface area contributed by atoms with Crippen molar-refractivity contribution in [2.75, 3.05) is 34.2 Å². The highest BCUT2D eigenvalue weighted by atomic mass is 32.2. The number of aryl methyl sites for hydroxylation is 1. The summed E-state index contributed by atoms with van der Waals surface area (Å²) in [6, 6.07) is 20.3. The van der Waals surface area contributed by atoms with Crippen LogP contribution in [0.4, 0.5) is 0 Å². The first-order valence-corrected chi connectivity index (χ1v) is 14.6. The van der Waals surface area contributed by atoms with Crippen LogP contribution in [-0.2, 0) is 23.8 Å². The van der Waals surface area contributed by atoms with Crippen LogP contribution in [0.15, 0.2) is 66.9 Å². The Kier molecular flexibility index (Phi) is 9.05. The molecule has 0 radical (unpaired) electrons. The third kappa shape index (κ3) is 6.72. The summed E-state index contributed by atoms with van der Waals surface area (Å²) in [5.41, 5.74) is 2.15. The number of benzene rings is 4. The summed E-state index contributed by atoms with van der Waals surface area (Å²) in [4.78, 5) is 0. The number of methoxy groups -OCH3 is 3. The molecule has 0 N–H and O–H groups in total. The van der Waals surface area contributed by atoms with E-state index in [2.05, 4.69) is 29.0 Å². The summed E-state index contributed by atoms with van der Waals surface area (Å²) in [7, 11) is 3.09. The van der Waals surface area contributed by atoms with Crippen LogP contribution in [0.25, 0.3) is 32.4 Å². The van der Waals surface area contributed by atoms with Crippen LogP contribution in [0, 0.1) is 0 Å². The SMILES string of the molecule is CCOc1cc2c(OCc3ccccc3)cc3c4cc(OC)c(OC)cc4c[n+](C)c3c2cc1OC.CS(=O)(=O)[O-]. The van der Waals surface area contributed by atoms with Crippen molar-refractivity contribution in [2.45, 2.75) is 13.5 Å². The Morgan fingerprint density at radius 3 is 1.85 bits per heavy atom. The minimum absolute atomic E-state index is 0.450. The average Bonchev–Trinajstić information content (AvgIpc) is 2.94. The zero-order valence-electron chi connectivity index (χ0n) is 23.9. The fraction of sp³-hybridized carbons (Fsp3) is 0.258. The maximum Gasteiger partial charge on any atom is 0.221 e. The fourth-order valence-electron chi connectivity index (χ4n) is 4.76. The second-order valence-corrected chi connectivity index (χ2v) is 10.7. The third-order valence-corrected chi connectivity index (χ3v) is 6.42. The van der Waals surface area contributed by atoms with Gasteiger partial charge in [0.25, 0.3) is 0 Å². The fourth-order valence-corrected chi connectivity index (χ4v) is 4.76. The van der Waals surface area contributed by atoms with Crippen molar-refractivity contribution in [1.29, 1.82) is 0 Å². The highest BCUT2D eigenvalue weighted by molar-refractivity contribution is 7.84. The lowest BCUT2D eigenvalue weighted by Gasteiger charge is -2.16. The smallest absolute Gasteiger partial charge is 0.221 e. The maximum absolute atomic E-state index is 9.08. The molecule has 0 saturated heterocycles. The number of hydrogen-bond donors (Lipinski definition) is 0. The molecule has 41 heavy (non-hydrogen) atoms. The quantitative estimate of drug-likeness (QED) is 0.141. The molecular weight excluding hydrogens is 546 g/mol. The standard InChI is InChI=1S/C30H30NO5.CH4O3S/c1-6-35-29-14-22-24(16-28(29)34-5)30-23(15-25(22)36-18-19-10-8-7-9-11-19)21-13-27(33-4)26(32-3)12-20(21)17-31(30)2;1-5(2,3)4/h7-17H,6,18H2,1-5H3;1H3,(H,2,3,4)/q+1;/p-1. The molecule has 5 aromatic rings. The Morgan fingerprint density at radius 2 is 1.24 bits per heavy atom. The first kappa shape index (κ1) is 29.7. The highest BCUT2D eigenvalue weighted by Crippen LogP contribution is 2.43. The second kappa shape index (κ2) is 12.5. The third-order valence-electron chi connectivity index (χ3n) is 6.42. The summed E-state index contributed by atoms with van der Waals surface area (Å²) < 4.78 is 58.6. The van der Waals surface area contributed by atoms with Crippen molar-refractivity contribution >= 4 is 42.6 Å². The molecule has 5 rings (SSSR count). The highest BCUT2D eigenvalue weighted by Gasteiger charge is 2.22. The number of fused-ring (bicyclic) bond motifs is 5. The molecule has 0 spiro atoms. The molecule has 0 amide bonds. The maximum atomic E-state index is 9.08. The molecule has 216 valence electrons. The van der Waals surface area contributed by atoms with E-state index in [0.717, 1.165) is 43.8 Å². The number of pyridine rings is 1. The van der Waals surface area contributed by atoms with Crippen molar-refractivity contribution < 1.29 is 41.2 Å². The van der Waals surface area contributed by atoms with E-state index in [-0.39, 0.29) is 0 Å². The first-order chi connectivity index (χ1) is 19.6. The van der Waals surface area contributed by atoms with E-state index in [1.807, 2.05) is 56.4 Å². The predicted octanol–water partition coefficient (Wildman–Crippen LogP) is 5.14. The van der Waals surface area contributed by atoms with E-state index < -0.39 is 10.1 Å². The second-order valence-electron chi connectivity index (χ2n) is 9.27. The van der Waals surface area contributed by atoms with Gasteiger partial charge in [-0.3, -0.25) is 0 Å². The molecule has 0 aliphatic carbocycles. The van der Waals surface area contributed by atoms with Gasteiger partial charge in [-0.2, -0.15) is 4.57 Å². The number of nitrogens with zero attached hydrogens (tertiary/aromatic N) is 1. The van der Waals surface area contributed by atoms with Crippen molar-refractivity contribution in [1.82, 2.24) is 0 Å². The normalized spacial score (nSPS) is 11.2. The Balaban J connectivity index is 0.000000714. The van der Waals surface area contributed by atoms with E-state index in [9.17, 15) is 0 Å². The molecule has 1 aromatic heterocycles. The minimum atomic E-state index is -3.92. The van der Waals surface area contributed by atoms with Crippen molar-refractivity contribution in [3.63, 3.8) is 0 Å². The van der Waals surface area contributed by atoms with Crippen LogP contribution in [-0.4, -0.2) is 47.2 Å². The monoisotopic (exact) mass is 579 g/mol. The van der Waals surface area contributed by atoms with E-state index in [4.69, 9.17) is 36.7 Å². The van der Waals surface area contributed by atoms with Gasteiger partial charge in [-0.1, -0.05) is 30.3 Å². The Hall–Kier alpha value is -4.28. The lowest BCUT2D eigenvalue weighted by atomic mass is 9.99. The zero-order valence-corrected chi connectivity index (χ0v) is 24.7. The summed E-state index contributed by atoms with van der Waals surface area (Å²) in [5.74, 6) is 3.50. The summed E-state index contributed by atoms with van der Waals surface area (Å²) >= 11 is 0. The minimum Gasteiger partial charge on any atom is -0.748 e. The summed E-state index contributed by atoms with van der Waals surface area (Å²) in [6.07, 6.45) is 2.71. The molecule has 0 fully saturated rings. The lowest BCUT2D eigenvalue weighted by molar-refractivity contribution is -0.642. The summed E-state index contributed by atoms with van der Waals surface area (Å²) in [5, 5.41) is 5.08. The van der Waals surface area contributed by atoms with Crippen LogP contribution >= 0.6 is 0 Å². The average molecular weight is 580 g/mol. The molecule has 4 aromatic carbocycles. The van der Waals surface area contributed by atoms with Crippen LogP contribution in [0.2, 0.25) is 0 Å². The number of hydrogen-bond acceptors (Lipinski definition) is 8. The van der Waals surface area contributed by atoms with Crippen LogP contribution in [0.1, 0.15) is 12.5 Å². The van der Waals surface area contributed by atoms with Crippen LogP contribution in [0.3, 0.4) is 0 Å². The molecule has 0 unspecified atom stereocenters. The van der Waals surface area contributed by atoms with Crippen molar-refractivity contribution in [3.05, 3.63) is 72.4 Å². The van der Waals surface area contributed by atoms with Gasteiger partial charge in [-0.05, 0) is 42.8 Å². The molecule has 10 heteroatoms. The molecule has 0 atom stereocenters. The Bertz CT molecular complexity index is 1800. The van der Waals surface area contributed by atoms with Gasteiger partial charge >= 0.3 is 0 Å². The van der Waals surface area contributed by atoms with Gasteiger partial charge in [0.05, 0.1) is 54.2 Å². The molecule has 0 bridgehead atoms. The zero-order chi connectivity index (χ0) is 29.7. The first-order valence-electron chi connectivity index (χ1n) is 12.8. The van der Waals surface area contributed by atoms with Gasteiger partial charge in [0.1, 0.15) is 19.4 Å². The Labute approximate surface area is 239 Å². The van der Waals surface area contributed by atoms with Gasteiger partial charge in [0.15, 0.2) is 29.2 Å². The van der Waals surface area contributed by atoms with Crippen molar-refractivity contribution in [3.8, 4) is 28.7 Å². The number of rotatable bonds is 8. The van der Waals surface area contributed by atoms with E-state index in [1.54, 1.807) is 21.3 Å². The van der Waals surface area contributed by atoms with Gasteiger partial charge < -0.3 is 28.2 Å². The van der Waals surface area contributed by atoms with Gasteiger partial charge in [0, 0.05) is 17.0 Å². The van der Waals surface area contributed by atoms with Crippen molar-refractivity contribution in [2.24, 2.45) is 7.05 Å². The number of ether oxygens (including phenoxy) is 5. The molecular formula is C31H33NO8S. The number of aromatic nitrogens is 1. The topological polar surface area (TPSA) is 107 Å². The predicted molar refractivity (Wildman–Crippen MR) is 157 cm³/mol. The molecule has 9 nitrogen and oxygen atoms in total. The van der Waals surface area contributed by atoms with Gasteiger partial charge in [0.2, 0.25) is 5.52 Å². The Morgan fingerprint density at radius 1 is 0.732 bits per heavy atom. The molecule has 1 heterocycles. The summed E-state index contributed by atoms with van der Waals surface area (Å²) in [6.45, 7) is 2.95. The van der Waals surface area contributed by atoms with E-state index in [0.29, 0.717) is 42.5 Å².